The van der Waals surface area contributed by atoms with Gasteiger partial charge in [0.1, 0.15) is 0 Å². The number of amides is 1. The third-order valence-electron chi connectivity index (χ3n) is 2.61. The molecule has 0 aliphatic carbocycles. The maximum atomic E-state index is 11.7. The molecule has 0 aliphatic heterocycles. The Bertz CT molecular complexity index is 570. The van der Waals surface area contributed by atoms with Crippen molar-refractivity contribution in [1.82, 2.24) is 4.31 Å². The van der Waals surface area contributed by atoms with Crippen LogP contribution in [0, 0.1) is 6.92 Å². The first-order valence-electron chi connectivity index (χ1n) is 5.68. The Balaban J connectivity index is 2.62. The second kappa shape index (κ2) is 6.36. The largest absolute Gasteiger partial charge is 0.326 e. The number of halogens is 1. The highest BCUT2D eigenvalue weighted by Gasteiger charge is 2.16. The van der Waals surface area contributed by atoms with Crippen molar-refractivity contribution in [1.29, 1.82) is 0 Å². The van der Waals surface area contributed by atoms with Crippen LogP contribution in [0.15, 0.2) is 18.2 Å². The molecule has 0 aromatic heterocycles. The van der Waals surface area contributed by atoms with E-state index in [1.54, 1.807) is 18.2 Å². The summed E-state index contributed by atoms with van der Waals surface area (Å²) in [7, 11) is -0.469. The van der Waals surface area contributed by atoms with Crippen molar-refractivity contribution in [2.75, 3.05) is 25.2 Å². The summed E-state index contributed by atoms with van der Waals surface area (Å²) in [6.45, 7) is 1.82. The summed E-state index contributed by atoms with van der Waals surface area (Å²) in [5.74, 6) is -0.547. The van der Waals surface area contributed by atoms with E-state index in [0.29, 0.717) is 10.7 Å². The normalized spacial score (nSPS) is 11.6. The van der Waals surface area contributed by atoms with Crippen molar-refractivity contribution in [2.24, 2.45) is 0 Å². The molecule has 0 unspecified atom stereocenters. The van der Waals surface area contributed by atoms with Crippen LogP contribution in [0.4, 0.5) is 5.69 Å². The third kappa shape index (κ3) is 4.81. The second-order valence-corrected chi connectivity index (χ2v) is 7.09. The zero-order valence-corrected chi connectivity index (χ0v) is 12.7. The van der Waals surface area contributed by atoms with Gasteiger partial charge in [-0.15, -0.1) is 0 Å². The fraction of sp³-hybridized carbons (Fsp3) is 0.417. The lowest BCUT2D eigenvalue weighted by Crippen LogP contribution is -2.27. The summed E-state index contributed by atoms with van der Waals surface area (Å²) in [4.78, 5) is 11.7. The highest BCUT2D eigenvalue weighted by molar-refractivity contribution is 7.89. The van der Waals surface area contributed by atoms with Gasteiger partial charge in [0.05, 0.1) is 5.75 Å². The number of nitrogens with zero attached hydrogens (tertiary/aromatic N) is 1. The minimum Gasteiger partial charge on any atom is -0.326 e. The van der Waals surface area contributed by atoms with Gasteiger partial charge in [-0.05, 0) is 30.7 Å². The Hall–Kier alpha value is -1.11. The molecule has 1 amide bonds. The van der Waals surface area contributed by atoms with E-state index >= 15 is 0 Å². The Morgan fingerprint density at radius 1 is 1.37 bits per heavy atom. The van der Waals surface area contributed by atoms with Crippen LogP contribution in [0.1, 0.15) is 12.0 Å². The Kier molecular flexibility index (Phi) is 5.34. The van der Waals surface area contributed by atoms with Crippen molar-refractivity contribution in [3.63, 3.8) is 0 Å². The van der Waals surface area contributed by atoms with Gasteiger partial charge in [0.25, 0.3) is 0 Å². The molecule has 0 aliphatic rings. The molecule has 1 aromatic carbocycles. The smallest absolute Gasteiger partial charge is 0.225 e. The van der Waals surface area contributed by atoms with Gasteiger partial charge in [-0.1, -0.05) is 11.6 Å². The maximum Gasteiger partial charge on any atom is 0.225 e. The fourth-order valence-corrected chi connectivity index (χ4v) is 2.42. The van der Waals surface area contributed by atoms with Crippen molar-refractivity contribution >= 4 is 33.2 Å². The first kappa shape index (κ1) is 15.9. The van der Waals surface area contributed by atoms with Crippen molar-refractivity contribution in [2.45, 2.75) is 13.3 Å². The number of nitrogens with one attached hydrogen (secondary N) is 1. The molecule has 106 valence electrons. The summed E-state index contributed by atoms with van der Waals surface area (Å²) < 4.78 is 24.2. The summed E-state index contributed by atoms with van der Waals surface area (Å²) in [5, 5.41) is 3.26. The molecule has 19 heavy (non-hydrogen) atoms. The third-order valence-corrected chi connectivity index (χ3v) is 4.67. The summed E-state index contributed by atoms with van der Waals surface area (Å²) in [5.41, 5.74) is 1.47. The van der Waals surface area contributed by atoms with Crippen LogP contribution in [0.5, 0.6) is 0 Å². The first-order chi connectivity index (χ1) is 8.72. The van der Waals surface area contributed by atoms with Crippen LogP contribution < -0.4 is 5.32 Å². The van der Waals surface area contributed by atoms with Gasteiger partial charge in [0, 0.05) is 31.2 Å². The Morgan fingerprint density at radius 2 is 2.00 bits per heavy atom. The minimum atomic E-state index is -3.35. The topological polar surface area (TPSA) is 66.5 Å². The highest BCUT2D eigenvalue weighted by atomic mass is 35.5. The zero-order valence-electron chi connectivity index (χ0n) is 11.1. The van der Waals surface area contributed by atoms with Gasteiger partial charge in [0.15, 0.2) is 0 Å². The van der Waals surface area contributed by atoms with Crippen LogP contribution in [0.3, 0.4) is 0 Å². The van der Waals surface area contributed by atoms with E-state index in [1.807, 2.05) is 6.92 Å². The van der Waals surface area contributed by atoms with Gasteiger partial charge in [-0.2, -0.15) is 0 Å². The van der Waals surface area contributed by atoms with E-state index in [4.69, 9.17) is 11.6 Å². The molecule has 7 heteroatoms. The standard InChI is InChI=1S/C12H17ClN2O3S/c1-9-8-10(13)4-5-11(9)14-12(16)6-7-19(17,18)15(2)3/h4-5,8H,6-7H2,1-3H3,(H,14,16). The maximum absolute atomic E-state index is 11.7. The van der Waals surface area contributed by atoms with E-state index in [-0.39, 0.29) is 18.1 Å². The van der Waals surface area contributed by atoms with Crippen molar-refractivity contribution in [3.8, 4) is 0 Å². The van der Waals surface area contributed by atoms with Gasteiger partial charge in [0.2, 0.25) is 15.9 Å². The molecule has 1 N–H and O–H groups in total. The van der Waals surface area contributed by atoms with Gasteiger partial charge >= 0.3 is 0 Å². The molecule has 0 saturated heterocycles. The predicted octanol–water partition coefficient (Wildman–Crippen LogP) is 1.87. The van der Waals surface area contributed by atoms with E-state index in [0.717, 1.165) is 9.87 Å². The quantitative estimate of drug-likeness (QED) is 0.903. The molecule has 0 saturated carbocycles. The van der Waals surface area contributed by atoms with Gasteiger partial charge in [-0.25, -0.2) is 12.7 Å². The molecule has 0 bridgehead atoms. The number of rotatable bonds is 5. The lowest BCUT2D eigenvalue weighted by atomic mass is 10.2. The van der Waals surface area contributed by atoms with E-state index < -0.39 is 10.0 Å². The lowest BCUT2D eigenvalue weighted by molar-refractivity contribution is -0.115. The molecule has 1 rings (SSSR count). The Labute approximate surface area is 118 Å². The lowest BCUT2D eigenvalue weighted by Gasteiger charge is -2.12. The number of carbonyl (C=O) groups excluding carboxylic acids is 1. The number of benzene rings is 1. The number of aryl methyl sites for hydroxylation is 1. The molecule has 0 heterocycles. The van der Waals surface area contributed by atoms with Crippen LogP contribution in [0.2, 0.25) is 5.02 Å². The molecule has 0 radical (unpaired) electrons. The summed E-state index contributed by atoms with van der Waals surface area (Å²) in [6.07, 6.45) is -0.0808. The van der Waals surface area contributed by atoms with Gasteiger partial charge < -0.3 is 5.32 Å². The predicted molar refractivity (Wildman–Crippen MR) is 76.9 cm³/mol. The molecule has 1 aromatic rings. The minimum absolute atomic E-state index is 0.0808. The second-order valence-electron chi connectivity index (χ2n) is 4.36. The number of carbonyl (C=O) groups is 1. The molecule has 0 spiro atoms. The molecule has 5 nitrogen and oxygen atoms in total. The molecule has 0 fully saturated rings. The molecular weight excluding hydrogens is 288 g/mol. The first-order valence-corrected chi connectivity index (χ1v) is 7.67. The van der Waals surface area contributed by atoms with E-state index in [2.05, 4.69) is 5.32 Å². The van der Waals surface area contributed by atoms with Crippen LogP contribution in [0.25, 0.3) is 0 Å². The number of sulfonamides is 1. The SMILES string of the molecule is Cc1cc(Cl)ccc1NC(=O)CCS(=O)(=O)N(C)C. The van der Waals surface area contributed by atoms with Crippen LogP contribution in [-0.4, -0.2) is 38.5 Å². The number of hydrogen-bond donors (Lipinski definition) is 1. The summed E-state index contributed by atoms with van der Waals surface area (Å²) in [6, 6.07) is 5.09. The van der Waals surface area contributed by atoms with E-state index in [1.165, 1.54) is 14.1 Å². The Morgan fingerprint density at radius 3 is 2.53 bits per heavy atom. The van der Waals surface area contributed by atoms with Crippen molar-refractivity contribution in [3.05, 3.63) is 28.8 Å². The number of anilines is 1. The van der Waals surface area contributed by atoms with Crippen LogP contribution in [-0.2, 0) is 14.8 Å². The van der Waals surface area contributed by atoms with Gasteiger partial charge in [-0.3, -0.25) is 4.79 Å². The van der Waals surface area contributed by atoms with Crippen LogP contribution >= 0.6 is 11.6 Å². The van der Waals surface area contributed by atoms with E-state index in [9.17, 15) is 13.2 Å². The average molecular weight is 305 g/mol. The molecular formula is C12H17ClN2O3S. The number of hydrogen-bond acceptors (Lipinski definition) is 3. The summed E-state index contributed by atoms with van der Waals surface area (Å²) >= 11 is 5.81. The zero-order chi connectivity index (χ0) is 14.6. The average Bonchev–Trinajstić information content (AvgIpc) is 2.30. The van der Waals surface area contributed by atoms with Crippen molar-refractivity contribution < 1.29 is 13.2 Å². The molecule has 0 atom stereocenters. The monoisotopic (exact) mass is 304 g/mol. The fourth-order valence-electron chi connectivity index (χ4n) is 1.38. The highest BCUT2D eigenvalue weighted by Crippen LogP contribution is 2.19.